The van der Waals surface area contributed by atoms with Gasteiger partial charge < -0.3 is 14.4 Å². The summed E-state index contributed by atoms with van der Waals surface area (Å²) in [5.41, 5.74) is -1.43. The number of para-hydroxylation sites is 1. The van der Waals surface area contributed by atoms with E-state index >= 15 is 0 Å². The average Bonchev–Trinajstić information content (AvgIpc) is 3.02. The number of aromatic nitrogens is 2. The third-order valence-corrected chi connectivity index (χ3v) is 4.90. The van der Waals surface area contributed by atoms with Gasteiger partial charge in [0.2, 0.25) is 0 Å². The molecule has 0 saturated carbocycles. The first kappa shape index (κ1) is 17.8. The Balaban J connectivity index is 1.45. The van der Waals surface area contributed by atoms with E-state index < -0.39 is 24.2 Å². The lowest BCUT2D eigenvalue weighted by Crippen LogP contribution is -2.63. The molecule has 1 aromatic heterocycles. The van der Waals surface area contributed by atoms with E-state index in [-0.39, 0.29) is 31.9 Å². The van der Waals surface area contributed by atoms with Gasteiger partial charge in [0.15, 0.2) is 5.60 Å². The lowest BCUT2D eigenvalue weighted by Gasteiger charge is -2.46. The molecule has 3 heterocycles. The summed E-state index contributed by atoms with van der Waals surface area (Å²) in [6, 6.07) is 10.7. The van der Waals surface area contributed by atoms with Gasteiger partial charge in [-0.1, -0.05) is 18.2 Å². The number of nitrogens with zero attached hydrogens (tertiary/aromatic N) is 3. The van der Waals surface area contributed by atoms with Crippen LogP contribution >= 0.6 is 0 Å². The number of hydrogen-bond donors (Lipinski definition) is 0. The van der Waals surface area contributed by atoms with E-state index in [0.29, 0.717) is 18.0 Å². The predicted octanol–water partition coefficient (Wildman–Crippen LogP) is 2.64. The molecule has 0 spiro atoms. The van der Waals surface area contributed by atoms with Crippen LogP contribution in [0.2, 0.25) is 0 Å². The Morgan fingerprint density at radius 1 is 1.22 bits per heavy atom. The van der Waals surface area contributed by atoms with E-state index in [1.807, 2.05) is 18.2 Å². The van der Waals surface area contributed by atoms with Gasteiger partial charge in [-0.15, -0.1) is 0 Å². The zero-order valence-corrected chi connectivity index (χ0v) is 14.4. The van der Waals surface area contributed by atoms with Crippen LogP contribution in [-0.4, -0.2) is 52.1 Å². The first-order valence-corrected chi connectivity index (χ1v) is 8.62. The van der Waals surface area contributed by atoms with E-state index in [4.69, 9.17) is 9.47 Å². The molecule has 1 unspecified atom stereocenters. The maximum absolute atomic E-state index is 13.3. The molecule has 1 atom stereocenters. The number of ether oxygens (including phenoxy) is 2. The van der Waals surface area contributed by atoms with Crippen molar-refractivity contribution in [3.63, 3.8) is 0 Å². The minimum atomic E-state index is -4.50. The molecule has 0 aliphatic carbocycles. The summed E-state index contributed by atoms with van der Waals surface area (Å²) in [5, 5.41) is 4.32. The summed E-state index contributed by atoms with van der Waals surface area (Å²) in [4.78, 5) is 13.9. The number of hydrogen-bond acceptors (Lipinski definition) is 4. The summed E-state index contributed by atoms with van der Waals surface area (Å²) in [5.74, 6) is 0.199. The molecule has 1 aromatic carbocycles. The molecule has 6 nitrogen and oxygen atoms in total. The Bertz CT molecular complexity index is 831. The highest BCUT2D eigenvalue weighted by Crippen LogP contribution is 2.43. The Hall–Kier alpha value is -2.55. The Morgan fingerprint density at radius 2 is 1.96 bits per heavy atom. The van der Waals surface area contributed by atoms with Gasteiger partial charge in [-0.3, -0.25) is 9.48 Å². The molecule has 1 fully saturated rings. The lowest BCUT2D eigenvalue weighted by molar-refractivity contribution is -0.327. The second-order valence-electron chi connectivity index (χ2n) is 6.66. The summed E-state index contributed by atoms with van der Waals surface area (Å²) in [7, 11) is 0. The third-order valence-electron chi connectivity index (χ3n) is 4.90. The first-order chi connectivity index (χ1) is 12.9. The number of halogens is 3. The van der Waals surface area contributed by atoms with Crippen LogP contribution in [0.5, 0.6) is 5.75 Å². The quantitative estimate of drug-likeness (QED) is 0.799. The van der Waals surface area contributed by atoms with Gasteiger partial charge >= 0.3 is 6.18 Å². The molecular formula is C18H18F3N3O3. The Kier molecular flexibility index (Phi) is 4.33. The van der Waals surface area contributed by atoms with Crippen molar-refractivity contribution in [2.45, 2.75) is 31.3 Å². The number of fused-ring (bicyclic) bond motifs is 1. The molecule has 144 valence electrons. The van der Waals surface area contributed by atoms with Crippen molar-refractivity contribution in [2.24, 2.45) is 0 Å². The van der Waals surface area contributed by atoms with E-state index in [2.05, 4.69) is 5.10 Å². The number of rotatable bonds is 5. The molecule has 1 saturated heterocycles. The zero-order chi connectivity index (χ0) is 19.1. The van der Waals surface area contributed by atoms with Crippen molar-refractivity contribution in [2.75, 3.05) is 19.7 Å². The van der Waals surface area contributed by atoms with E-state index in [1.165, 1.54) is 9.58 Å². The smallest absolute Gasteiger partial charge is 0.419 e. The topological polar surface area (TPSA) is 56.6 Å². The fraction of sp³-hybridized carbons (Fsp3) is 0.444. The number of alkyl halides is 3. The van der Waals surface area contributed by atoms with Crippen molar-refractivity contribution in [3.8, 4) is 5.75 Å². The number of benzene rings is 1. The monoisotopic (exact) mass is 381 g/mol. The van der Waals surface area contributed by atoms with Crippen LogP contribution in [0.3, 0.4) is 0 Å². The van der Waals surface area contributed by atoms with Crippen LogP contribution in [0.25, 0.3) is 0 Å². The van der Waals surface area contributed by atoms with Gasteiger partial charge in [0.25, 0.3) is 5.91 Å². The predicted molar refractivity (Wildman–Crippen MR) is 88.3 cm³/mol. The SMILES string of the molecule is O=C1c2cc(COc3ccccc3)nn2CCN1CC1(C(F)(F)F)CCO1. The van der Waals surface area contributed by atoms with Crippen LogP contribution in [0.1, 0.15) is 22.6 Å². The molecule has 0 radical (unpaired) electrons. The summed E-state index contributed by atoms with van der Waals surface area (Å²) in [6.45, 7) is 0.234. The van der Waals surface area contributed by atoms with E-state index in [0.717, 1.165) is 0 Å². The third kappa shape index (κ3) is 3.27. The molecule has 27 heavy (non-hydrogen) atoms. The molecule has 0 bridgehead atoms. The molecule has 0 N–H and O–H groups in total. The second-order valence-corrected chi connectivity index (χ2v) is 6.66. The lowest BCUT2D eigenvalue weighted by atomic mass is 9.93. The van der Waals surface area contributed by atoms with Crippen molar-refractivity contribution >= 4 is 5.91 Å². The number of carbonyl (C=O) groups is 1. The fourth-order valence-corrected chi connectivity index (χ4v) is 3.28. The van der Waals surface area contributed by atoms with E-state index in [9.17, 15) is 18.0 Å². The van der Waals surface area contributed by atoms with Gasteiger partial charge in [-0.2, -0.15) is 18.3 Å². The summed E-state index contributed by atoms with van der Waals surface area (Å²) >= 11 is 0. The highest BCUT2D eigenvalue weighted by Gasteiger charge is 2.61. The molecular weight excluding hydrogens is 363 g/mol. The zero-order valence-electron chi connectivity index (χ0n) is 14.4. The van der Waals surface area contributed by atoms with Crippen LogP contribution in [-0.2, 0) is 17.9 Å². The van der Waals surface area contributed by atoms with Crippen molar-refractivity contribution in [3.05, 3.63) is 47.8 Å². The number of amides is 1. The van der Waals surface area contributed by atoms with Crippen LogP contribution in [0, 0.1) is 0 Å². The van der Waals surface area contributed by atoms with Crippen LogP contribution < -0.4 is 4.74 Å². The maximum atomic E-state index is 13.3. The van der Waals surface area contributed by atoms with Crippen molar-refractivity contribution in [1.82, 2.24) is 14.7 Å². The minimum Gasteiger partial charge on any atom is -0.487 e. The molecule has 2 aliphatic rings. The molecule has 4 rings (SSSR count). The van der Waals surface area contributed by atoms with Crippen molar-refractivity contribution in [1.29, 1.82) is 0 Å². The fourth-order valence-electron chi connectivity index (χ4n) is 3.28. The second kappa shape index (κ2) is 6.56. The number of carbonyl (C=O) groups excluding carboxylic acids is 1. The van der Waals surface area contributed by atoms with E-state index in [1.54, 1.807) is 18.2 Å². The average molecular weight is 381 g/mol. The van der Waals surface area contributed by atoms with Gasteiger partial charge in [-0.25, -0.2) is 0 Å². The highest BCUT2D eigenvalue weighted by atomic mass is 19.4. The van der Waals surface area contributed by atoms with Gasteiger partial charge in [-0.05, 0) is 18.2 Å². The largest absolute Gasteiger partial charge is 0.487 e. The first-order valence-electron chi connectivity index (χ1n) is 8.62. The highest BCUT2D eigenvalue weighted by molar-refractivity contribution is 5.93. The molecule has 1 amide bonds. The van der Waals surface area contributed by atoms with Gasteiger partial charge in [0, 0.05) is 13.0 Å². The normalized spacial score (nSPS) is 22.3. The summed E-state index contributed by atoms with van der Waals surface area (Å²) in [6.07, 6.45) is -4.63. The Morgan fingerprint density at radius 3 is 2.59 bits per heavy atom. The molecule has 2 aromatic rings. The van der Waals surface area contributed by atoms with Gasteiger partial charge in [0.1, 0.15) is 23.7 Å². The maximum Gasteiger partial charge on any atom is 0.419 e. The minimum absolute atomic E-state index is 0.0560. The van der Waals surface area contributed by atoms with Crippen LogP contribution in [0.4, 0.5) is 13.2 Å². The standard InChI is InChI=1S/C18H18F3N3O3/c19-18(20,21)17(6-9-27-17)12-23-7-8-24-15(16(23)25)10-13(22-24)11-26-14-4-2-1-3-5-14/h1-5,10H,6-9,11-12H2. The van der Waals surface area contributed by atoms with Crippen molar-refractivity contribution < 1.29 is 27.4 Å². The van der Waals surface area contributed by atoms with Crippen LogP contribution in [0.15, 0.2) is 36.4 Å². The molecule has 9 heteroatoms. The summed E-state index contributed by atoms with van der Waals surface area (Å²) < 4.78 is 51.9. The Labute approximate surface area is 153 Å². The van der Waals surface area contributed by atoms with Gasteiger partial charge in [0.05, 0.1) is 19.7 Å². The molecule has 2 aliphatic heterocycles.